The fraction of sp³-hybridized carbons (Fsp3) is 0.250. The molecule has 0 fully saturated rings. The summed E-state index contributed by atoms with van der Waals surface area (Å²) >= 11 is 0. The topological polar surface area (TPSA) is 83.6 Å². The average Bonchev–Trinajstić information content (AvgIpc) is 3.08. The summed E-state index contributed by atoms with van der Waals surface area (Å²) in [5.41, 5.74) is 1.68. The van der Waals surface area contributed by atoms with Gasteiger partial charge in [-0.25, -0.2) is 13.8 Å². The SMILES string of the molecule is O=C(O)CCN(Cc1ccc(F)c(F)c1)C(=O)CCc1nc2ccccc2o1. The van der Waals surface area contributed by atoms with Crippen molar-refractivity contribution in [3.63, 3.8) is 0 Å². The number of aliphatic carboxylic acids is 1. The van der Waals surface area contributed by atoms with Crippen LogP contribution in [-0.2, 0) is 22.6 Å². The van der Waals surface area contributed by atoms with Gasteiger partial charge in [0, 0.05) is 25.9 Å². The van der Waals surface area contributed by atoms with Crippen LogP contribution in [0.25, 0.3) is 11.1 Å². The molecule has 0 unspecified atom stereocenters. The molecule has 0 bridgehead atoms. The number of nitrogens with zero attached hydrogens (tertiary/aromatic N) is 2. The van der Waals surface area contributed by atoms with Crippen LogP contribution in [0.2, 0.25) is 0 Å². The van der Waals surface area contributed by atoms with Crippen molar-refractivity contribution in [3.05, 3.63) is 65.6 Å². The van der Waals surface area contributed by atoms with Crippen LogP contribution in [0.4, 0.5) is 8.78 Å². The maximum atomic E-state index is 13.4. The van der Waals surface area contributed by atoms with Crippen molar-refractivity contribution >= 4 is 23.0 Å². The number of aryl methyl sites for hydroxylation is 1. The number of rotatable bonds is 8. The summed E-state index contributed by atoms with van der Waals surface area (Å²) in [5, 5.41) is 8.91. The molecule has 0 aliphatic rings. The summed E-state index contributed by atoms with van der Waals surface area (Å²) in [5.74, 6) is -2.98. The molecular weight excluding hydrogens is 370 g/mol. The van der Waals surface area contributed by atoms with E-state index < -0.39 is 17.6 Å². The molecule has 0 spiro atoms. The normalized spacial score (nSPS) is 10.9. The van der Waals surface area contributed by atoms with Crippen LogP contribution >= 0.6 is 0 Å². The average molecular weight is 388 g/mol. The highest BCUT2D eigenvalue weighted by atomic mass is 19.2. The number of aromatic nitrogens is 1. The molecule has 0 atom stereocenters. The zero-order valence-electron chi connectivity index (χ0n) is 14.9. The molecule has 0 aliphatic carbocycles. The highest BCUT2D eigenvalue weighted by Crippen LogP contribution is 2.17. The Morgan fingerprint density at radius 2 is 1.86 bits per heavy atom. The third kappa shape index (κ3) is 4.91. The minimum absolute atomic E-state index is 0.0170. The number of amides is 1. The second-order valence-electron chi connectivity index (χ2n) is 6.28. The number of para-hydroxylation sites is 2. The van der Waals surface area contributed by atoms with Gasteiger partial charge in [-0.05, 0) is 29.8 Å². The van der Waals surface area contributed by atoms with Crippen molar-refractivity contribution in [2.24, 2.45) is 0 Å². The number of halogens is 2. The van der Waals surface area contributed by atoms with Crippen molar-refractivity contribution in [3.8, 4) is 0 Å². The number of carboxylic acid groups (broad SMARTS) is 1. The van der Waals surface area contributed by atoms with Gasteiger partial charge in [0.05, 0.1) is 6.42 Å². The first-order chi connectivity index (χ1) is 13.4. The summed E-state index contributed by atoms with van der Waals surface area (Å²) in [6.07, 6.45) is 0.0449. The van der Waals surface area contributed by atoms with Crippen LogP contribution in [0, 0.1) is 11.6 Å². The number of hydrogen-bond acceptors (Lipinski definition) is 4. The van der Waals surface area contributed by atoms with Crippen LogP contribution < -0.4 is 0 Å². The highest BCUT2D eigenvalue weighted by molar-refractivity contribution is 5.77. The summed E-state index contributed by atoms with van der Waals surface area (Å²) in [4.78, 5) is 29.1. The van der Waals surface area contributed by atoms with Gasteiger partial charge in [-0.2, -0.15) is 0 Å². The molecule has 0 radical (unpaired) electrons. The van der Waals surface area contributed by atoms with Gasteiger partial charge in [0.25, 0.3) is 0 Å². The number of benzene rings is 2. The number of fused-ring (bicyclic) bond motifs is 1. The maximum absolute atomic E-state index is 13.4. The van der Waals surface area contributed by atoms with E-state index in [1.165, 1.54) is 11.0 Å². The van der Waals surface area contributed by atoms with Gasteiger partial charge < -0.3 is 14.4 Å². The Kier molecular flexibility index (Phi) is 5.98. The lowest BCUT2D eigenvalue weighted by Gasteiger charge is -2.22. The minimum atomic E-state index is -1.05. The maximum Gasteiger partial charge on any atom is 0.305 e. The van der Waals surface area contributed by atoms with Crippen LogP contribution in [0.1, 0.15) is 24.3 Å². The number of carbonyl (C=O) groups is 2. The lowest BCUT2D eigenvalue weighted by atomic mass is 10.1. The van der Waals surface area contributed by atoms with E-state index >= 15 is 0 Å². The molecule has 28 heavy (non-hydrogen) atoms. The molecule has 0 saturated heterocycles. The second-order valence-corrected chi connectivity index (χ2v) is 6.28. The van der Waals surface area contributed by atoms with Gasteiger partial charge in [-0.3, -0.25) is 9.59 Å². The zero-order valence-corrected chi connectivity index (χ0v) is 14.9. The van der Waals surface area contributed by atoms with Gasteiger partial charge in [-0.15, -0.1) is 0 Å². The van der Waals surface area contributed by atoms with E-state index in [0.29, 0.717) is 22.6 Å². The smallest absolute Gasteiger partial charge is 0.305 e. The monoisotopic (exact) mass is 388 g/mol. The minimum Gasteiger partial charge on any atom is -0.481 e. The van der Waals surface area contributed by atoms with E-state index in [4.69, 9.17) is 9.52 Å². The number of hydrogen-bond donors (Lipinski definition) is 1. The fourth-order valence-electron chi connectivity index (χ4n) is 2.78. The van der Waals surface area contributed by atoms with Gasteiger partial charge >= 0.3 is 5.97 Å². The zero-order chi connectivity index (χ0) is 20.1. The Morgan fingerprint density at radius 1 is 1.07 bits per heavy atom. The van der Waals surface area contributed by atoms with E-state index in [9.17, 15) is 18.4 Å². The molecule has 1 N–H and O–H groups in total. The summed E-state index contributed by atoms with van der Waals surface area (Å²) in [6.45, 7) is -0.0579. The third-order valence-corrected chi connectivity index (χ3v) is 4.20. The van der Waals surface area contributed by atoms with Crippen LogP contribution in [0.3, 0.4) is 0 Å². The van der Waals surface area contributed by atoms with E-state index in [1.807, 2.05) is 12.1 Å². The standard InChI is InChI=1S/C20H18F2N2O4/c21-14-6-5-13(11-15(14)22)12-24(10-9-20(26)27)19(25)8-7-18-23-16-3-1-2-4-17(16)28-18/h1-6,11H,7-10,12H2,(H,26,27). The van der Waals surface area contributed by atoms with Gasteiger partial charge in [0.2, 0.25) is 5.91 Å². The Hall–Kier alpha value is -3.29. The first-order valence-electron chi connectivity index (χ1n) is 8.70. The summed E-state index contributed by atoms with van der Waals surface area (Å²) in [6, 6.07) is 10.6. The van der Waals surface area contributed by atoms with Gasteiger partial charge in [0.1, 0.15) is 5.52 Å². The van der Waals surface area contributed by atoms with Crippen molar-refractivity contribution in [2.45, 2.75) is 25.8 Å². The summed E-state index contributed by atoms with van der Waals surface area (Å²) < 4.78 is 32.1. The fourth-order valence-corrected chi connectivity index (χ4v) is 2.78. The predicted molar refractivity (Wildman–Crippen MR) is 96.4 cm³/mol. The van der Waals surface area contributed by atoms with Crippen molar-refractivity contribution in [2.75, 3.05) is 6.54 Å². The molecule has 1 aromatic heterocycles. The lowest BCUT2D eigenvalue weighted by molar-refractivity contribution is -0.138. The van der Waals surface area contributed by atoms with Crippen molar-refractivity contribution in [1.29, 1.82) is 0 Å². The second kappa shape index (κ2) is 8.60. The van der Waals surface area contributed by atoms with Crippen LogP contribution in [0.5, 0.6) is 0 Å². The molecule has 146 valence electrons. The molecule has 6 nitrogen and oxygen atoms in total. The molecule has 1 heterocycles. The molecule has 3 aromatic rings. The quantitative estimate of drug-likeness (QED) is 0.638. The number of carbonyl (C=O) groups excluding carboxylic acids is 1. The molecule has 3 rings (SSSR count). The largest absolute Gasteiger partial charge is 0.481 e. The van der Waals surface area contributed by atoms with Gasteiger partial charge in [0.15, 0.2) is 23.1 Å². The number of carboxylic acids is 1. The molecule has 8 heteroatoms. The predicted octanol–water partition coefficient (Wildman–Crippen LogP) is 3.54. The Bertz CT molecular complexity index is 970. The lowest BCUT2D eigenvalue weighted by Crippen LogP contribution is -2.32. The Morgan fingerprint density at radius 3 is 2.57 bits per heavy atom. The van der Waals surface area contributed by atoms with Crippen LogP contribution in [0.15, 0.2) is 46.9 Å². The van der Waals surface area contributed by atoms with Gasteiger partial charge in [-0.1, -0.05) is 18.2 Å². The van der Waals surface area contributed by atoms with E-state index in [0.717, 1.165) is 12.1 Å². The highest BCUT2D eigenvalue weighted by Gasteiger charge is 2.17. The first-order valence-corrected chi connectivity index (χ1v) is 8.70. The van der Waals surface area contributed by atoms with Crippen molar-refractivity contribution in [1.82, 2.24) is 9.88 Å². The van der Waals surface area contributed by atoms with E-state index in [-0.39, 0.29) is 38.3 Å². The Balaban J connectivity index is 1.68. The summed E-state index contributed by atoms with van der Waals surface area (Å²) in [7, 11) is 0. The van der Waals surface area contributed by atoms with E-state index in [1.54, 1.807) is 12.1 Å². The molecule has 0 saturated carbocycles. The van der Waals surface area contributed by atoms with Crippen LogP contribution in [-0.4, -0.2) is 33.4 Å². The van der Waals surface area contributed by atoms with E-state index in [2.05, 4.69) is 4.98 Å². The molecular formula is C20H18F2N2O4. The Labute approximate surface area is 159 Å². The molecule has 2 aromatic carbocycles. The molecule has 1 amide bonds. The number of oxazole rings is 1. The first kappa shape index (κ1) is 19.5. The van der Waals surface area contributed by atoms with Crippen molar-refractivity contribution < 1.29 is 27.9 Å². The third-order valence-electron chi connectivity index (χ3n) is 4.20. The molecule has 0 aliphatic heterocycles.